The van der Waals surface area contributed by atoms with Crippen molar-refractivity contribution in [3.63, 3.8) is 0 Å². The van der Waals surface area contributed by atoms with Crippen LogP contribution >= 0.6 is 0 Å². The summed E-state index contributed by atoms with van der Waals surface area (Å²) in [5.74, 6) is 1.23. The number of ether oxygens (including phenoxy) is 2. The van der Waals surface area contributed by atoms with Gasteiger partial charge in [0, 0.05) is 25.2 Å². The van der Waals surface area contributed by atoms with Crippen molar-refractivity contribution in [1.82, 2.24) is 4.90 Å². The van der Waals surface area contributed by atoms with Crippen molar-refractivity contribution >= 4 is 17.1 Å². The number of nitrogens with zero attached hydrogens (tertiary/aromatic N) is 1. The van der Waals surface area contributed by atoms with Crippen molar-refractivity contribution in [2.75, 3.05) is 33.4 Å². The van der Waals surface area contributed by atoms with Gasteiger partial charge in [0.25, 0.3) is 0 Å². The Balaban J connectivity index is 1.66. The predicted octanol–water partition coefficient (Wildman–Crippen LogP) is 6.83. The average molecular weight is 545 g/mol. The van der Waals surface area contributed by atoms with Crippen LogP contribution in [0.4, 0.5) is 4.39 Å². The van der Waals surface area contributed by atoms with Crippen molar-refractivity contribution < 1.29 is 18.7 Å². The molecule has 1 saturated heterocycles. The molecule has 1 atom stereocenters. The molecule has 2 aromatic rings. The molecule has 1 aliphatic heterocycles. The monoisotopic (exact) mass is 544 g/mol. The molecule has 0 radical (unpaired) electrons. The molecule has 0 saturated carbocycles. The Morgan fingerprint density at radius 1 is 1.15 bits per heavy atom. The number of aryl methyl sites for hydroxylation is 1. The van der Waals surface area contributed by atoms with E-state index < -0.39 is 5.91 Å². The molecule has 0 aromatic heterocycles. The van der Waals surface area contributed by atoms with Gasteiger partial charge in [-0.1, -0.05) is 42.5 Å². The van der Waals surface area contributed by atoms with Gasteiger partial charge < -0.3 is 15.2 Å². The van der Waals surface area contributed by atoms with Crippen LogP contribution in [0.5, 0.6) is 11.5 Å². The van der Waals surface area contributed by atoms with Gasteiger partial charge in [-0.05, 0) is 104 Å². The third-order valence-electron chi connectivity index (χ3n) is 7.74. The Morgan fingerprint density at radius 2 is 1.93 bits per heavy atom. The number of allylic oxidation sites excluding steroid dienone is 5. The highest BCUT2D eigenvalue weighted by atomic mass is 19.1. The van der Waals surface area contributed by atoms with Crippen LogP contribution < -0.4 is 15.2 Å². The van der Waals surface area contributed by atoms with Crippen molar-refractivity contribution in [2.24, 2.45) is 5.73 Å². The topological polar surface area (TPSA) is 64.8 Å². The first-order chi connectivity index (χ1) is 19.4. The number of methoxy groups -OCH3 is 1. The lowest BCUT2D eigenvalue weighted by molar-refractivity contribution is -0.114. The van der Waals surface area contributed by atoms with Crippen LogP contribution in [0.25, 0.3) is 11.1 Å². The Labute approximate surface area is 237 Å². The first-order valence-electron chi connectivity index (χ1n) is 14.2. The molecule has 5 nitrogen and oxygen atoms in total. The van der Waals surface area contributed by atoms with E-state index in [0.29, 0.717) is 12.0 Å². The maximum Gasteiger partial charge on any atom is 0.248 e. The zero-order valence-electron chi connectivity index (χ0n) is 23.8. The summed E-state index contributed by atoms with van der Waals surface area (Å²) in [4.78, 5) is 14.3. The van der Waals surface area contributed by atoms with Crippen LogP contribution in [0.2, 0.25) is 0 Å². The molecule has 1 aliphatic carbocycles. The van der Waals surface area contributed by atoms with E-state index in [4.69, 9.17) is 15.2 Å². The van der Waals surface area contributed by atoms with Gasteiger partial charge in [-0.2, -0.15) is 0 Å². The number of carbonyl (C=O) groups excluding carboxylic acids is 1. The van der Waals surface area contributed by atoms with Crippen molar-refractivity contribution in [2.45, 2.75) is 51.6 Å². The Morgan fingerprint density at radius 3 is 2.60 bits per heavy atom. The lowest BCUT2D eigenvalue weighted by Crippen LogP contribution is -2.26. The molecule has 212 valence electrons. The second kappa shape index (κ2) is 14.1. The summed E-state index contributed by atoms with van der Waals surface area (Å²) in [6, 6.07) is 14.6. The van der Waals surface area contributed by atoms with E-state index >= 15 is 0 Å². The largest absolute Gasteiger partial charge is 0.497 e. The lowest BCUT2D eigenvalue weighted by atomic mass is 9.88. The highest BCUT2D eigenvalue weighted by Gasteiger charge is 2.24. The number of primary amides is 1. The molecule has 6 heteroatoms. The predicted molar refractivity (Wildman–Crippen MR) is 161 cm³/mol. The van der Waals surface area contributed by atoms with Crippen LogP contribution in [0, 0.1) is 6.92 Å². The molecule has 0 spiro atoms. The third-order valence-corrected chi connectivity index (χ3v) is 7.74. The number of nitrogens with two attached hydrogens (primary N) is 1. The van der Waals surface area contributed by atoms with E-state index in [1.165, 1.54) is 27.8 Å². The molecule has 1 amide bonds. The SMILES string of the molecule is C=C/C=C(\C=C1\CCCC(c2ccc(OC)cc2C)=C(c2ccc(OC3CCN(CCCF)C3)cc2)C1)C(N)=O. The lowest BCUT2D eigenvalue weighted by Gasteiger charge is -2.19. The summed E-state index contributed by atoms with van der Waals surface area (Å²) in [5, 5.41) is 0. The number of amides is 1. The number of halogens is 1. The minimum atomic E-state index is -0.454. The van der Waals surface area contributed by atoms with Gasteiger partial charge >= 0.3 is 0 Å². The van der Waals surface area contributed by atoms with E-state index in [1.54, 1.807) is 19.3 Å². The molecule has 4 rings (SSSR count). The van der Waals surface area contributed by atoms with E-state index in [9.17, 15) is 9.18 Å². The van der Waals surface area contributed by atoms with Gasteiger partial charge in [-0.25, -0.2) is 0 Å². The number of hydrogen-bond acceptors (Lipinski definition) is 4. The maximum atomic E-state index is 12.6. The second-order valence-corrected chi connectivity index (χ2v) is 10.6. The van der Waals surface area contributed by atoms with Crippen LogP contribution in [-0.4, -0.2) is 50.3 Å². The van der Waals surface area contributed by atoms with Gasteiger partial charge in [0.05, 0.1) is 13.8 Å². The van der Waals surface area contributed by atoms with Crippen LogP contribution in [0.1, 0.15) is 55.2 Å². The van der Waals surface area contributed by atoms with Crippen molar-refractivity contribution in [3.05, 3.63) is 95.1 Å². The van der Waals surface area contributed by atoms with Gasteiger partial charge in [0.15, 0.2) is 0 Å². The minimum Gasteiger partial charge on any atom is -0.497 e. The number of alkyl halides is 1. The zero-order chi connectivity index (χ0) is 28.5. The molecule has 40 heavy (non-hydrogen) atoms. The molecule has 1 heterocycles. The number of hydrogen-bond donors (Lipinski definition) is 1. The molecule has 2 aliphatic rings. The highest BCUT2D eigenvalue weighted by Crippen LogP contribution is 2.41. The van der Waals surface area contributed by atoms with E-state index in [0.717, 1.165) is 68.8 Å². The van der Waals surface area contributed by atoms with Gasteiger partial charge in [-0.15, -0.1) is 0 Å². The summed E-state index contributed by atoms with van der Waals surface area (Å²) in [7, 11) is 1.69. The average Bonchev–Trinajstić information content (AvgIpc) is 3.29. The second-order valence-electron chi connectivity index (χ2n) is 10.6. The van der Waals surface area contributed by atoms with E-state index in [-0.39, 0.29) is 12.8 Å². The normalized spacial score (nSPS) is 19.5. The maximum absolute atomic E-state index is 12.6. The number of benzene rings is 2. The summed E-state index contributed by atoms with van der Waals surface area (Å²) < 4.78 is 24.3. The molecule has 2 aromatic carbocycles. The Kier molecular flexibility index (Phi) is 10.4. The van der Waals surface area contributed by atoms with E-state index in [2.05, 4.69) is 42.7 Å². The van der Waals surface area contributed by atoms with E-state index in [1.807, 2.05) is 24.3 Å². The van der Waals surface area contributed by atoms with Crippen LogP contribution in [0.15, 0.2) is 78.4 Å². The standard InChI is InChI=1S/C34H41FN2O3/c1-4-7-27(34(36)38)21-25-8-5-9-32(31-15-14-29(39-3)20-24(31)2)33(22-25)26-10-12-28(13-11-26)40-30-16-19-37(23-30)18-6-17-35/h4,7,10-15,20-21,30H,1,5-6,8-9,16-19,22-23H2,2-3H3,(H2,36,38)/b25-21-,27-7+. The number of carbonyl (C=O) groups is 1. The fourth-order valence-electron chi connectivity index (χ4n) is 5.72. The fraction of sp³-hybridized carbons (Fsp3) is 0.382. The van der Waals surface area contributed by atoms with Gasteiger partial charge in [0.1, 0.15) is 17.6 Å². The van der Waals surface area contributed by atoms with Crippen molar-refractivity contribution in [3.8, 4) is 11.5 Å². The molecule has 1 unspecified atom stereocenters. The molecular weight excluding hydrogens is 503 g/mol. The fourth-order valence-corrected chi connectivity index (χ4v) is 5.72. The summed E-state index contributed by atoms with van der Waals surface area (Å²) in [5.41, 5.74) is 13.4. The highest BCUT2D eigenvalue weighted by molar-refractivity contribution is 5.96. The van der Waals surface area contributed by atoms with Crippen molar-refractivity contribution in [1.29, 1.82) is 0 Å². The van der Waals surface area contributed by atoms with Crippen LogP contribution in [0.3, 0.4) is 0 Å². The summed E-state index contributed by atoms with van der Waals surface area (Å²) in [6.45, 7) is 8.15. The first kappa shape index (κ1) is 29.3. The quantitative estimate of drug-likeness (QED) is 0.249. The number of rotatable bonds is 11. The molecular formula is C34H41FN2O3. The van der Waals surface area contributed by atoms with Crippen LogP contribution in [-0.2, 0) is 4.79 Å². The van der Waals surface area contributed by atoms with Gasteiger partial charge in [0.2, 0.25) is 5.91 Å². The zero-order valence-corrected chi connectivity index (χ0v) is 23.8. The molecule has 2 N–H and O–H groups in total. The number of likely N-dealkylation sites (tertiary alicyclic amines) is 1. The summed E-state index contributed by atoms with van der Waals surface area (Å²) >= 11 is 0. The smallest absolute Gasteiger partial charge is 0.248 e. The summed E-state index contributed by atoms with van der Waals surface area (Å²) in [6.07, 6.45) is 10.3. The minimum absolute atomic E-state index is 0.124. The Hall–Kier alpha value is -3.64. The van der Waals surface area contributed by atoms with Gasteiger partial charge in [-0.3, -0.25) is 14.1 Å². The first-order valence-corrected chi connectivity index (χ1v) is 14.2. The Bertz CT molecular complexity index is 1290. The molecule has 1 fully saturated rings. The molecule has 0 bridgehead atoms. The third kappa shape index (κ3) is 7.51.